The Balaban J connectivity index is 2.15. The number of fused-ring (bicyclic) bond motifs is 1. The van der Waals surface area contributed by atoms with Gasteiger partial charge in [-0.05, 0) is 35.4 Å². The highest BCUT2D eigenvalue weighted by Crippen LogP contribution is 2.27. The maximum Gasteiger partial charge on any atom is 0.240 e. The Labute approximate surface area is 104 Å². The minimum absolute atomic E-state index is 0.464. The summed E-state index contributed by atoms with van der Waals surface area (Å²) in [4.78, 5) is 0. The fourth-order valence-electron chi connectivity index (χ4n) is 1.45. The molecule has 1 N–H and O–H groups in total. The largest absolute Gasteiger partial charge is 0.493 e. The van der Waals surface area contributed by atoms with Gasteiger partial charge in [-0.3, -0.25) is 5.43 Å². The minimum Gasteiger partial charge on any atom is -0.493 e. The number of hydrazone groups is 1. The Morgan fingerprint density at radius 1 is 1.53 bits per heavy atom. The van der Waals surface area contributed by atoms with E-state index in [-0.39, 0.29) is 0 Å². The average molecular weight is 275 g/mol. The molecule has 5 nitrogen and oxygen atoms in total. The van der Waals surface area contributed by atoms with E-state index in [1.807, 2.05) is 12.1 Å². The quantitative estimate of drug-likeness (QED) is 0.505. The molecular weight excluding hydrogens is 264 g/mol. The highest BCUT2D eigenvalue weighted by Gasteiger charge is 2.13. The van der Waals surface area contributed by atoms with Crippen LogP contribution in [0, 0.1) is 0 Å². The monoisotopic (exact) mass is 274 g/mol. The second-order valence-corrected chi connectivity index (χ2v) is 6.18. The van der Waals surface area contributed by atoms with E-state index in [9.17, 15) is 8.42 Å². The van der Waals surface area contributed by atoms with Crippen LogP contribution in [-0.4, -0.2) is 25.8 Å². The summed E-state index contributed by atoms with van der Waals surface area (Å²) < 4.78 is 26.9. The van der Waals surface area contributed by atoms with E-state index in [0.717, 1.165) is 24.0 Å². The average Bonchev–Trinajstić information content (AvgIpc) is 2.71. The van der Waals surface area contributed by atoms with E-state index in [0.29, 0.717) is 12.3 Å². The summed E-state index contributed by atoms with van der Waals surface area (Å²) in [5.74, 6) is 0.855. The molecule has 0 atom stereocenters. The van der Waals surface area contributed by atoms with Crippen molar-refractivity contribution in [3.8, 4) is 5.75 Å². The van der Waals surface area contributed by atoms with E-state index in [2.05, 4.69) is 10.5 Å². The van der Waals surface area contributed by atoms with Crippen LogP contribution in [-0.2, 0) is 16.3 Å². The Bertz CT molecular complexity index is 569. The van der Waals surface area contributed by atoms with Crippen molar-refractivity contribution < 1.29 is 13.2 Å². The molecule has 0 amide bonds. The lowest BCUT2D eigenvalue weighted by molar-refractivity contribution is 0.357. The summed E-state index contributed by atoms with van der Waals surface area (Å²) in [6.07, 6.45) is 1.84. The third kappa shape index (κ3) is 2.89. The first-order valence-electron chi connectivity index (χ1n) is 4.92. The Morgan fingerprint density at radius 2 is 2.29 bits per heavy atom. The van der Waals surface area contributed by atoms with Crippen molar-refractivity contribution in [2.75, 3.05) is 18.3 Å². The molecule has 0 spiro atoms. The predicted octanol–water partition coefficient (Wildman–Crippen LogP) is 1.59. The summed E-state index contributed by atoms with van der Waals surface area (Å²) >= 11 is 5.50. The summed E-state index contributed by atoms with van der Waals surface area (Å²) in [6, 6.07) is 5.42. The molecule has 0 aliphatic carbocycles. The third-order valence-electron chi connectivity index (χ3n) is 2.27. The molecule has 7 heteroatoms. The van der Waals surface area contributed by atoms with Gasteiger partial charge in [0.05, 0.1) is 12.3 Å². The van der Waals surface area contributed by atoms with Gasteiger partial charge in [-0.15, -0.1) is 0 Å². The lowest BCUT2D eigenvalue weighted by atomic mass is 10.1. The van der Waals surface area contributed by atoms with Crippen molar-refractivity contribution in [1.29, 1.82) is 0 Å². The zero-order chi connectivity index (χ0) is 12.5. The highest BCUT2D eigenvalue weighted by atomic mass is 35.5. The van der Waals surface area contributed by atoms with Crippen LogP contribution in [0.2, 0.25) is 0 Å². The molecule has 17 heavy (non-hydrogen) atoms. The smallest absolute Gasteiger partial charge is 0.240 e. The van der Waals surface area contributed by atoms with Crippen LogP contribution in [0.5, 0.6) is 5.75 Å². The molecule has 1 aliphatic rings. The van der Waals surface area contributed by atoms with Gasteiger partial charge in [-0.1, -0.05) is 0 Å². The van der Waals surface area contributed by atoms with E-state index in [4.69, 9.17) is 16.3 Å². The van der Waals surface area contributed by atoms with Gasteiger partial charge in [0.25, 0.3) is 0 Å². The van der Waals surface area contributed by atoms with Gasteiger partial charge < -0.3 is 4.74 Å². The molecule has 0 radical (unpaired) electrons. The SMILES string of the molecule is CS(=O)(=O)/C(Cl)=N/Nc1ccc2c(c1)CCO2. The van der Waals surface area contributed by atoms with E-state index in [1.54, 1.807) is 6.07 Å². The number of rotatable bonds is 2. The second-order valence-electron chi connectivity index (χ2n) is 3.67. The van der Waals surface area contributed by atoms with E-state index >= 15 is 0 Å². The zero-order valence-corrected chi connectivity index (χ0v) is 10.7. The summed E-state index contributed by atoms with van der Waals surface area (Å²) in [5, 5.41) is 3.59. The van der Waals surface area contributed by atoms with Gasteiger partial charge >= 0.3 is 0 Å². The normalized spacial score (nSPS) is 15.3. The van der Waals surface area contributed by atoms with Crippen LogP contribution in [0.3, 0.4) is 0 Å². The molecule has 0 fully saturated rings. The van der Waals surface area contributed by atoms with Gasteiger partial charge in [-0.2, -0.15) is 5.10 Å². The molecule has 0 aromatic heterocycles. The molecule has 0 saturated heterocycles. The van der Waals surface area contributed by atoms with Crippen LogP contribution in [0.1, 0.15) is 5.56 Å². The third-order valence-corrected chi connectivity index (χ3v) is 3.90. The van der Waals surface area contributed by atoms with Crippen molar-refractivity contribution in [2.45, 2.75) is 6.42 Å². The molecule has 92 valence electrons. The first kappa shape index (κ1) is 12.2. The Morgan fingerprint density at radius 3 is 3.00 bits per heavy atom. The number of nitrogens with zero attached hydrogens (tertiary/aromatic N) is 1. The van der Waals surface area contributed by atoms with Gasteiger partial charge in [0.1, 0.15) is 5.75 Å². The van der Waals surface area contributed by atoms with Gasteiger partial charge in [-0.25, -0.2) is 8.42 Å². The maximum absolute atomic E-state index is 11.0. The van der Waals surface area contributed by atoms with Crippen LogP contribution in [0.15, 0.2) is 23.3 Å². The number of halogens is 1. The lowest BCUT2D eigenvalue weighted by Crippen LogP contribution is -2.07. The highest BCUT2D eigenvalue weighted by molar-refractivity contribution is 8.08. The Hall–Kier alpha value is -1.27. The fraction of sp³-hybridized carbons (Fsp3) is 0.300. The molecule has 1 heterocycles. The molecule has 1 aromatic rings. The molecule has 0 bridgehead atoms. The number of hydrogen-bond acceptors (Lipinski definition) is 5. The van der Waals surface area contributed by atoms with E-state index < -0.39 is 14.3 Å². The minimum atomic E-state index is -3.46. The molecular formula is C10H11ClN2O3S. The maximum atomic E-state index is 11.0. The van der Waals surface area contributed by atoms with Gasteiger partial charge in [0, 0.05) is 12.7 Å². The number of hydrogen-bond donors (Lipinski definition) is 1. The zero-order valence-electron chi connectivity index (χ0n) is 9.10. The first-order valence-corrected chi connectivity index (χ1v) is 7.19. The molecule has 0 saturated carbocycles. The topological polar surface area (TPSA) is 67.8 Å². The fourth-order valence-corrected chi connectivity index (χ4v) is 1.70. The van der Waals surface area contributed by atoms with Crippen LogP contribution in [0.25, 0.3) is 0 Å². The van der Waals surface area contributed by atoms with Crippen molar-refractivity contribution in [3.05, 3.63) is 23.8 Å². The predicted molar refractivity (Wildman–Crippen MR) is 67.4 cm³/mol. The summed E-state index contributed by atoms with van der Waals surface area (Å²) in [7, 11) is -3.46. The van der Waals surface area contributed by atoms with Gasteiger partial charge in [0.15, 0.2) is 0 Å². The van der Waals surface area contributed by atoms with E-state index in [1.165, 1.54) is 0 Å². The number of nitrogens with one attached hydrogen (secondary N) is 1. The number of ether oxygens (including phenoxy) is 1. The molecule has 1 aromatic carbocycles. The summed E-state index contributed by atoms with van der Waals surface area (Å²) in [5.41, 5.74) is 4.35. The second kappa shape index (κ2) is 4.54. The van der Waals surface area contributed by atoms with Gasteiger partial charge in [0.2, 0.25) is 14.3 Å². The van der Waals surface area contributed by atoms with Crippen molar-refractivity contribution in [2.24, 2.45) is 5.10 Å². The molecule has 2 rings (SSSR count). The summed E-state index contributed by atoms with van der Waals surface area (Å²) in [6.45, 7) is 0.673. The van der Waals surface area contributed by atoms with Crippen molar-refractivity contribution in [1.82, 2.24) is 0 Å². The van der Waals surface area contributed by atoms with Crippen molar-refractivity contribution >= 4 is 31.6 Å². The molecule has 0 unspecified atom stereocenters. The first-order chi connectivity index (χ1) is 7.97. The number of benzene rings is 1. The van der Waals surface area contributed by atoms with Crippen molar-refractivity contribution in [3.63, 3.8) is 0 Å². The molecule has 1 aliphatic heterocycles. The van der Waals surface area contributed by atoms with Crippen LogP contribution >= 0.6 is 11.6 Å². The Kier molecular flexibility index (Phi) is 3.26. The number of sulfone groups is 1. The standard InChI is InChI=1S/C10H11ClN2O3S/c1-17(14,15)10(11)13-12-8-2-3-9-7(6-8)4-5-16-9/h2-3,6,12H,4-5H2,1H3/b13-10+. The van der Waals surface area contributed by atoms with Crippen LogP contribution in [0.4, 0.5) is 5.69 Å². The van der Waals surface area contributed by atoms with Crippen LogP contribution < -0.4 is 10.2 Å². The number of anilines is 1. The lowest BCUT2D eigenvalue weighted by Gasteiger charge is -2.03.